The van der Waals surface area contributed by atoms with Gasteiger partial charge >= 0.3 is 0 Å². The van der Waals surface area contributed by atoms with Crippen molar-refractivity contribution < 1.29 is 4.74 Å². The van der Waals surface area contributed by atoms with E-state index in [0.29, 0.717) is 0 Å². The lowest BCUT2D eigenvalue weighted by atomic mass is 10.3. The van der Waals surface area contributed by atoms with Crippen LogP contribution in [0.4, 0.5) is 0 Å². The van der Waals surface area contributed by atoms with Crippen LogP contribution in [0.25, 0.3) is 5.69 Å². The third kappa shape index (κ3) is 2.58. The van der Waals surface area contributed by atoms with Crippen LogP contribution in [0.3, 0.4) is 0 Å². The third-order valence-electron chi connectivity index (χ3n) is 3.00. The van der Waals surface area contributed by atoms with Crippen molar-refractivity contribution >= 4 is 11.8 Å². The normalized spacial score (nSPS) is 10.4. The maximum Gasteiger partial charge on any atom is 0.212 e. The first-order valence-electron chi connectivity index (χ1n) is 6.42. The molecule has 2 nitrogen and oxygen atoms in total. The van der Waals surface area contributed by atoms with Gasteiger partial charge in [-0.05, 0) is 30.3 Å². The summed E-state index contributed by atoms with van der Waals surface area (Å²) < 4.78 is 7.65. The molecule has 0 N–H and O–H groups in total. The van der Waals surface area contributed by atoms with Crippen LogP contribution in [0.2, 0.25) is 0 Å². The average molecular weight is 281 g/mol. The fourth-order valence-corrected chi connectivity index (χ4v) is 3.03. The molecule has 20 heavy (non-hydrogen) atoms. The lowest BCUT2D eigenvalue weighted by Gasteiger charge is -2.09. The Morgan fingerprint density at radius 3 is 2.15 bits per heavy atom. The Kier molecular flexibility index (Phi) is 3.79. The Labute approximate surface area is 123 Å². The number of benzene rings is 2. The monoisotopic (exact) mass is 281 g/mol. The molecule has 1 aromatic heterocycles. The van der Waals surface area contributed by atoms with Gasteiger partial charge in [-0.1, -0.05) is 48.2 Å². The van der Waals surface area contributed by atoms with Crippen LogP contribution < -0.4 is 4.74 Å². The largest absolute Gasteiger partial charge is 0.481 e. The van der Waals surface area contributed by atoms with E-state index in [-0.39, 0.29) is 0 Å². The van der Waals surface area contributed by atoms with Gasteiger partial charge < -0.3 is 4.74 Å². The minimum absolute atomic E-state index is 0.866. The molecule has 100 valence electrons. The predicted molar refractivity (Wildman–Crippen MR) is 82.9 cm³/mol. The number of methoxy groups -OCH3 is 1. The first-order valence-corrected chi connectivity index (χ1v) is 7.24. The van der Waals surface area contributed by atoms with Gasteiger partial charge in [0.1, 0.15) is 0 Å². The van der Waals surface area contributed by atoms with Gasteiger partial charge in [-0.2, -0.15) is 0 Å². The smallest absolute Gasteiger partial charge is 0.212 e. The van der Waals surface area contributed by atoms with Gasteiger partial charge in [0.25, 0.3) is 0 Å². The number of ether oxygens (including phenoxy) is 1. The average Bonchev–Trinajstić information content (AvgIpc) is 2.92. The van der Waals surface area contributed by atoms with E-state index in [2.05, 4.69) is 34.9 Å². The van der Waals surface area contributed by atoms with E-state index in [9.17, 15) is 0 Å². The van der Waals surface area contributed by atoms with Crippen LogP contribution >= 0.6 is 11.8 Å². The quantitative estimate of drug-likeness (QED) is 0.691. The second-order valence-corrected chi connectivity index (χ2v) is 5.43. The highest BCUT2D eigenvalue weighted by Gasteiger charge is 2.12. The van der Waals surface area contributed by atoms with Gasteiger partial charge in [0, 0.05) is 16.8 Å². The zero-order chi connectivity index (χ0) is 13.8. The van der Waals surface area contributed by atoms with Crippen molar-refractivity contribution in [3.8, 4) is 11.6 Å². The molecule has 0 fully saturated rings. The summed E-state index contributed by atoms with van der Waals surface area (Å²) in [6.45, 7) is 0. The lowest BCUT2D eigenvalue weighted by molar-refractivity contribution is 0.380. The summed E-state index contributed by atoms with van der Waals surface area (Å²) in [6.07, 6.45) is 2.04. The molecule has 2 aromatic carbocycles. The predicted octanol–water partition coefficient (Wildman–Crippen LogP) is 4.64. The van der Waals surface area contributed by atoms with Crippen LogP contribution in [0.5, 0.6) is 5.88 Å². The second kappa shape index (κ2) is 5.88. The Hall–Kier alpha value is -2.13. The van der Waals surface area contributed by atoms with Crippen molar-refractivity contribution in [1.29, 1.82) is 0 Å². The maximum absolute atomic E-state index is 5.59. The molecule has 0 bridgehead atoms. The van der Waals surface area contributed by atoms with Crippen molar-refractivity contribution in [3.63, 3.8) is 0 Å². The van der Waals surface area contributed by atoms with Crippen molar-refractivity contribution in [2.24, 2.45) is 0 Å². The van der Waals surface area contributed by atoms with Crippen molar-refractivity contribution in [2.45, 2.75) is 9.79 Å². The molecule has 0 aliphatic heterocycles. The van der Waals surface area contributed by atoms with Crippen molar-refractivity contribution in [2.75, 3.05) is 7.11 Å². The molecule has 0 aliphatic carbocycles. The summed E-state index contributed by atoms with van der Waals surface area (Å²) in [7, 11) is 1.71. The maximum atomic E-state index is 5.59. The highest BCUT2D eigenvalue weighted by Crippen LogP contribution is 2.37. The second-order valence-electron chi connectivity index (χ2n) is 4.31. The van der Waals surface area contributed by atoms with E-state index in [1.807, 2.05) is 42.6 Å². The highest BCUT2D eigenvalue weighted by atomic mass is 32.2. The van der Waals surface area contributed by atoms with Gasteiger partial charge in [0.15, 0.2) is 0 Å². The van der Waals surface area contributed by atoms with Crippen molar-refractivity contribution in [3.05, 3.63) is 72.9 Å². The molecule has 0 atom stereocenters. The van der Waals surface area contributed by atoms with E-state index >= 15 is 0 Å². The summed E-state index contributed by atoms with van der Waals surface area (Å²) in [6, 6.07) is 22.6. The Bertz CT molecular complexity index is 677. The van der Waals surface area contributed by atoms with Gasteiger partial charge in [0.2, 0.25) is 5.88 Å². The molecular weight excluding hydrogens is 266 g/mol. The molecule has 0 amide bonds. The molecule has 0 saturated heterocycles. The number of aromatic nitrogens is 1. The number of hydrogen-bond acceptors (Lipinski definition) is 2. The Balaban J connectivity index is 1.96. The van der Waals surface area contributed by atoms with Crippen LogP contribution in [-0.4, -0.2) is 11.7 Å². The number of hydrogen-bond donors (Lipinski definition) is 0. The van der Waals surface area contributed by atoms with Gasteiger partial charge in [-0.15, -0.1) is 0 Å². The molecule has 1 heterocycles. The van der Waals surface area contributed by atoms with Crippen molar-refractivity contribution in [1.82, 2.24) is 4.57 Å². The van der Waals surface area contributed by atoms with Crippen LogP contribution in [0.15, 0.2) is 82.7 Å². The fraction of sp³-hybridized carbons (Fsp3) is 0.0588. The van der Waals surface area contributed by atoms with Gasteiger partial charge in [-0.25, -0.2) is 0 Å². The van der Waals surface area contributed by atoms with Gasteiger partial charge in [0.05, 0.1) is 12.0 Å². The Morgan fingerprint density at radius 1 is 0.850 bits per heavy atom. The Morgan fingerprint density at radius 2 is 1.50 bits per heavy atom. The standard InChI is InChI=1S/C17H15NOS/c1-19-17-16(20-15-10-6-3-7-11-15)12-13-18(17)14-8-4-2-5-9-14/h2-13H,1H3. The number of para-hydroxylation sites is 1. The number of nitrogens with zero attached hydrogens (tertiary/aromatic N) is 1. The van der Waals surface area contributed by atoms with E-state index < -0.39 is 0 Å². The summed E-state index contributed by atoms with van der Waals surface area (Å²) >= 11 is 1.71. The lowest BCUT2D eigenvalue weighted by Crippen LogP contribution is -1.96. The van der Waals surface area contributed by atoms with Crippen LogP contribution in [0.1, 0.15) is 0 Å². The minimum Gasteiger partial charge on any atom is -0.481 e. The zero-order valence-corrected chi connectivity index (χ0v) is 12.0. The van der Waals surface area contributed by atoms with E-state index in [1.54, 1.807) is 18.9 Å². The summed E-state index contributed by atoms with van der Waals surface area (Å²) in [5, 5.41) is 0. The summed E-state index contributed by atoms with van der Waals surface area (Å²) in [5.41, 5.74) is 1.10. The SMILES string of the molecule is COc1c(Sc2ccccc2)ccn1-c1ccccc1. The number of rotatable bonds is 4. The first-order chi connectivity index (χ1) is 9.88. The summed E-state index contributed by atoms with van der Waals surface area (Å²) in [5.74, 6) is 0.866. The third-order valence-corrected chi connectivity index (χ3v) is 4.04. The van der Waals surface area contributed by atoms with E-state index in [0.717, 1.165) is 16.5 Å². The highest BCUT2D eigenvalue weighted by molar-refractivity contribution is 7.99. The molecule has 0 spiro atoms. The zero-order valence-electron chi connectivity index (χ0n) is 11.2. The molecule has 0 radical (unpaired) electrons. The molecule has 3 heteroatoms. The molecule has 0 unspecified atom stereocenters. The topological polar surface area (TPSA) is 14.2 Å². The summed E-state index contributed by atoms with van der Waals surface area (Å²) in [4.78, 5) is 2.32. The first kappa shape index (κ1) is 12.9. The molecule has 0 aliphatic rings. The molecule has 3 aromatic rings. The minimum atomic E-state index is 0.866. The van der Waals surface area contributed by atoms with Crippen LogP contribution in [-0.2, 0) is 0 Å². The fourth-order valence-electron chi connectivity index (χ4n) is 2.08. The molecule has 0 saturated carbocycles. The van der Waals surface area contributed by atoms with E-state index in [4.69, 9.17) is 4.74 Å². The molecular formula is C17H15NOS. The van der Waals surface area contributed by atoms with E-state index in [1.165, 1.54) is 4.90 Å². The van der Waals surface area contributed by atoms with Crippen LogP contribution in [0, 0.1) is 0 Å². The molecule has 3 rings (SSSR count). The van der Waals surface area contributed by atoms with Gasteiger partial charge in [-0.3, -0.25) is 4.57 Å².